The van der Waals surface area contributed by atoms with Gasteiger partial charge in [-0.2, -0.15) is 0 Å². The lowest BCUT2D eigenvalue weighted by Crippen LogP contribution is -1.68. The Morgan fingerprint density at radius 2 is 2.36 bits per heavy atom. The highest BCUT2D eigenvalue weighted by Crippen LogP contribution is 2.09. The molecule has 0 fully saturated rings. The van der Waals surface area contributed by atoms with Gasteiger partial charge in [0, 0.05) is 6.42 Å². The van der Waals surface area contributed by atoms with E-state index in [4.69, 9.17) is 4.42 Å². The van der Waals surface area contributed by atoms with Gasteiger partial charge in [0.2, 0.25) is 0 Å². The Hall–Kier alpha value is -1.31. The maximum absolute atomic E-state index is 9.93. The highest BCUT2D eigenvalue weighted by Gasteiger charge is 1.94. The third-order valence-corrected chi connectivity index (χ3v) is 1.37. The first-order valence-electron chi connectivity index (χ1n) is 3.57. The van der Waals surface area contributed by atoms with Crippen molar-refractivity contribution in [2.45, 2.75) is 13.3 Å². The van der Waals surface area contributed by atoms with Crippen LogP contribution in [0.25, 0.3) is 6.08 Å². The molecule has 1 heterocycles. The van der Waals surface area contributed by atoms with Crippen LogP contribution in [0.3, 0.4) is 0 Å². The molecule has 0 radical (unpaired) electrons. The fourth-order valence-electron chi connectivity index (χ4n) is 0.808. The predicted molar refractivity (Wildman–Crippen MR) is 43.2 cm³/mol. The molecule has 0 aliphatic heterocycles. The number of hydrogen-bond acceptors (Lipinski definition) is 2. The first kappa shape index (κ1) is 7.79. The molecule has 0 N–H and O–H groups in total. The summed E-state index contributed by atoms with van der Waals surface area (Å²) in [6.45, 7) is 2.02. The average molecular weight is 150 g/mol. The van der Waals surface area contributed by atoms with Gasteiger partial charge in [0.25, 0.3) is 0 Å². The monoisotopic (exact) mass is 150 g/mol. The zero-order valence-corrected chi connectivity index (χ0v) is 6.41. The van der Waals surface area contributed by atoms with Crippen molar-refractivity contribution in [2.75, 3.05) is 0 Å². The van der Waals surface area contributed by atoms with Crippen LogP contribution in [0.4, 0.5) is 0 Å². The molecule has 0 bridgehead atoms. The van der Waals surface area contributed by atoms with Crippen molar-refractivity contribution in [3.63, 3.8) is 0 Å². The topological polar surface area (TPSA) is 30.2 Å². The van der Waals surface area contributed by atoms with Crippen LogP contribution in [0.5, 0.6) is 0 Å². The van der Waals surface area contributed by atoms with Gasteiger partial charge in [-0.15, -0.1) is 0 Å². The molecule has 0 saturated carbocycles. The first-order chi connectivity index (χ1) is 5.36. The van der Waals surface area contributed by atoms with E-state index in [1.54, 1.807) is 6.08 Å². The molecule has 0 aliphatic rings. The van der Waals surface area contributed by atoms with Crippen LogP contribution < -0.4 is 0 Å². The number of aryl methyl sites for hydroxylation is 1. The average Bonchev–Trinajstić information content (AvgIpc) is 2.48. The first-order valence-corrected chi connectivity index (χ1v) is 3.57. The van der Waals surface area contributed by atoms with Gasteiger partial charge in [0.15, 0.2) is 0 Å². The van der Waals surface area contributed by atoms with Crippen LogP contribution in [0.2, 0.25) is 0 Å². The summed E-state index contributed by atoms with van der Waals surface area (Å²) in [5.74, 6) is 1.67. The standard InChI is InChI=1S/C9H10O2/c1-2-8-5-6-9(11-8)4-3-7-10/h3-7H,2H2,1H3/b4-3+. The molecule has 11 heavy (non-hydrogen) atoms. The molecule has 1 aromatic rings. The molecule has 2 nitrogen and oxygen atoms in total. The summed E-state index contributed by atoms with van der Waals surface area (Å²) in [6.07, 6.45) is 4.67. The molecule has 1 aromatic heterocycles. The lowest BCUT2D eigenvalue weighted by Gasteiger charge is -1.84. The smallest absolute Gasteiger partial charge is 0.142 e. The molecule has 1 rings (SSSR count). The maximum atomic E-state index is 9.93. The van der Waals surface area contributed by atoms with Crippen molar-refractivity contribution in [3.8, 4) is 0 Å². The molecule has 0 atom stereocenters. The molecule has 0 spiro atoms. The Bertz CT molecular complexity index is 258. The lowest BCUT2D eigenvalue weighted by molar-refractivity contribution is -0.104. The van der Waals surface area contributed by atoms with Crippen molar-refractivity contribution in [1.82, 2.24) is 0 Å². The van der Waals surface area contributed by atoms with Crippen LogP contribution in [0.15, 0.2) is 22.6 Å². The number of carbonyl (C=O) groups excluding carboxylic acids is 1. The van der Waals surface area contributed by atoms with Crippen LogP contribution in [-0.4, -0.2) is 6.29 Å². The molecular weight excluding hydrogens is 140 g/mol. The van der Waals surface area contributed by atoms with E-state index in [9.17, 15) is 4.79 Å². The van der Waals surface area contributed by atoms with Crippen LogP contribution in [0, 0.1) is 0 Å². The quantitative estimate of drug-likeness (QED) is 0.487. The molecular formula is C9H10O2. The zero-order chi connectivity index (χ0) is 8.10. The highest BCUT2D eigenvalue weighted by molar-refractivity contribution is 5.72. The van der Waals surface area contributed by atoms with E-state index in [2.05, 4.69) is 0 Å². The third-order valence-electron chi connectivity index (χ3n) is 1.37. The third kappa shape index (κ3) is 2.08. The van der Waals surface area contributed by atoms with Crippen molar-refractivity contribution in [2.24, 2.45) is 0 Å². The number of aldehydes is 1. The SMILES string of the molecule is CCc1ccc(/C=C/C=O)o1. The fourth-order valence-corrected chi connectivity index (χ4v) is 0.808. The molecule has 2 heteroatoms. The summed E-state index contributed by atoms with van der Waals surface area (Å²) in [6, 6.07) is 3.75. The maximum Gasteiger partial charge on any atom is 0.142 e. The Labute approximate surface area is 65.5 Å². The van der Waals surface area contributed by atoms with Gasteiger partial charge in [-0.3, -0.25) is 4.79 Å². The molecule has 0 unspecified atom stereocenters. The van der Waals surface area contributed by atoms with Gasteiger partial charge in [-0.25, -0.2) is 0 Å². The minimum absolute atomic E-state index is 0.730. The second-order valence-electron chi connectivity index (χ2n) is 2.15. The van der Waals surface area contributed by atoms with Gasteiger partial charge in [0.05, 0.1) is 0 Å². The van der Waals surface area contributed by atoms with E-state index in [-0.39, 0.29) is 0 Å². The van der Waals surface area contributed by atoms with Gasteiger partial charge >= 0.3 is 0 Å². The molecule has 58 valence electrons. The van der Waals surface area contributed by atoms with Gasteiger partial charge < -0.3 is 4.42 Å². The van der Waals surface area contributed by atoms with E-state index >= 15 is 0 Å². The Balaban J connectivity index is 2.72. The van der Waals surface area contributed by atoms with E-state index in [0.717, 1.165) is 24.2 Å². The Morgan fingerprint density at radius 1 is 1.55 bits per heavy atom. The normalized spacial score (nSPS) is 10.6. The van der Waals surface area contributed by atoms with E-state index in [1.165, 1.54) is 6.08 Å². The molecule has 0 saturated heterocycles. The highest BCUT2D eigenvalue weighted by atomic mass is 16.3. The van der Waals surface area contributed by atoms with Crippen LogP contribution in [-0.2, 0) is 11.2 Å². The van der Waals surface area contributed by atoms with E-state index in [0.29, 0.717) is 0 Å². The number of carbonyl (C=O) groups is 1. The van der Waals surface area contributed by atoms with E-state index in [1.807, 2.05) is 19.1 Å². The van der Waals surface area contributed by atoms with E-state index < -0.39 is 0 Å². The summed E-state index contributed by atoms with van der Waals surface area (Å²) in [4.78, 5) is 9.93. The van der Waals surface area contributed by atoms with Crippen LogP contribution >= 0.6 is 0 Å². The van der Waals surface area contributed by atoms with Gasteiger partial charge in [-0.1, -0.05) is 6.92 Å². The summed E-state index contributed by atoms with van der Waals surface area (Å²) < 4.78 is 5.29. The summed E-state index contributed by atoms with van der Waals surface area (Å²) in [5, 5.41) is 0. The summed E-state index contributed by atoms with van der Waals surface area (Å²) in [5.41, 5.74) is 0. The minimum atomic E-state index is 0.730. The molecule has 0 aliphatic carbocycles. The summed E-state index contributed by atoms with van der Waals surface area (Å²) in [7, 11) is 0. The number of hydrogen-bond donors (Lipinski definition) is 0. The van der Waals surface area contributed by atoms with Gasteiger partial charge in [0.1, 0.15) is 17.8 Å². The second-order valence-corrected chi connectivity index (χ2v) is 2.15. The van der Waals surface area contributed by atoms with Gasteiger partial charge in [-0.05, 0) is 24.3 Å². The Morgan fingerprint density at radius 3 is 2.91 bits per heavy atom. The van der Waals surface area contributed by atoms with Crippen molar-refractivity contribution in [3.05, 3.63) is 29.7 Å². The number of rotatable bonds is 3. The fraction of sp³-hybridized carbons (Fsp3) is 0.222. The van der Waals surface area contributed by atoms with Crippen molar-refractivity contribution < 1.29 is 9.21 Å². The minimum Gasteiger partial charge on any atom is -0.462 e. The lowest BCUT2D eigenvalue weighted by atomic mass is 10.3. The molecule has 0 amide bonds. The molecule has 0 aromatic carbocycles. The number of furan rings is 1. The Kier molecular flexibility index (Phi) is 2.66. The second kappa shape index (κ2) is 3.76. The largest absolute Gasteiger partial charge is 0.462 e. The van der Waals surface area contributed by atoms with Crippen molar-refractivity contribution in [1.29, 1.82) is 0 Å². The van der Waals surface area contributed by atoms with Crippen molar-refractivity contribution >= 4 is 12.4 Å². The predicted octanol–water partition coefficient (Wildman–Crippen LogP) is 2.05. The zero-order valence-electron chi connectivity index (χ0n) is 6.41. The summed E-state index contributed by atoms with van der Waals surface area (Å²) >= 11 is 0. The van der Waals surface area contributed by atoms with Crippen LogP contribution in [0.1, 0.15) is 18.4 Å². The number of allylic oxidation sites excluding steroid dienone is 1.